The maximum absolute atomic E-state index is 6.06. The van der Waals surface area contributed by atoms with Crippen molar-refractivity contribution in [1.29, 1.82) is 0 Å². The first kappa shape index (κ1) is 12.6. The number of hydrogen-bond donors (Lipinski definition) is 0. The van der Waals surface area contributed by atoms with Crippen LogP contribution in [0.4, 0.5) is 0 Å². The molecule has 0 saturated carbocycles. The van der Waals surface area contributed by atoms with Gasteiger partial charge in [0.2, 0.25) is 8.32 Å². The normalized spacial score (nSPS) is 22.1. The Bertz CT molecular complexity index is 237. The molecule has 1 aliphatic carbocycles. The molecule has 0 amide bonds. The van der Waals surface area contributed by atoms with Gasteiger partial charge in [0.05, 0.1) is 5.76 Å². The topological polar surface area (TPSA) is 9.23 Å². The average Bonchev–Trinajstić information content (AvgIpc) is 2.12. The maximum atomic E-state index is 6.06. The SMILES string of the molecule is C=CCCC1C=C(O[Si](C)(C)C)CCC1. The van der Waals surface area contributed by atoms with Crippen molar-refractivity contribution in [2.75, 3.05) is 0 Å². The molecule has 0 heterocycles. The molecule has 2 heteroatoms. The van der Waals surface area contributed by atoms with E-state index >= 15 is 0 Å². The predicted octanol–water partition coefficient (Wildman–Crippen LogP) is 4.49. The average molecular weight is 224 g/mol. The van der Waals surface area contributed by atoms with E-state index in [9.17, 15) is 0 Å². The van der Waals surface area contributed by atoms with Gasteiger partial charge in [0.1, 0.15) is 0 Å². The van der Waals surface area contributed by atoms with Crippen molar-refractivity contribution in [3.8, 4) is 0 Å². The minimum atomic E-state index is -1.39. The van der Waals surface area contributed by atoms with Crippen LogP contribution in [-0.4, -0.2) is 8.32 Å². The molecule has 1 aliphatic rings. The second kappa shape index (κ2) is 5.55. The van der Waals surface area contributed by atoms with Crippen LogP contribution in [0.1, 0.15) is 32.1 Å². The Morgan fingerprint density at radius 1 is 1.53 bits per heavy atom. The Balaban J connectivity index is 2.49. The van der Waals surface area contributed by atoms with E-state index in [0.717, 1.165) is 18.8 Å². The van der Waals surface area contributed by atoms with E-state index < -0.39 is 8.32 Å². The van der Waals surface area contributed by atoms with Gasteiger partial charge in [-0.15, -0.1) is 6.58 Å². The van der Waals surface area contributed by atoms with Crippen LogP contribution in [0.3, 0.4) is 0 Å². The molecule has 0 saturated heterocycles. The van der Waals surface area contributed by atoms with E-state index in [0.29, 0.717) is 0 Å². The third-order valence-corrected chi connectivity index (χ3v) is 3.47. The van der Waals surface area contributed by atoms with Crippen LogP contribution in [-0.2, 0) is 4.43 Å². The molecule has 0 aromatic carbocycles. The van der Waals surface area contributed by atoms with Gasteiger partial charge in [-0.1, -0.05) is 6.08 Å². The lowest BCUT2D eigenvalue weighted by molar-refractivity contribution is 0.353. The van der Waals surface area contributed by atoms with Crippen molar-refractivity contribution in [3.63, 3.8) is 0 Å². The number of hydrogen-bond acceptors (Lipinski definition) is 1. The maximum Gasteiger partial charge on any atom is 0.241 e. The summed E-state index contributed by atoms with van der Waals surface area (Å²) in [6, 6.07) is 0. The molecule has 1 unspecified atom stereocenters. The summed E-state index contributed by atoms with van der Waals surface area (Å²) in [5, 5.41) is 0. The minimum absolute atomic E-state index is 0.725. The quantitative estimate of drug-likeness (QED) is 0.494. The molecule has 0 aliphatic heterocycles. The molecule has 1 atom stereocenters. The molecule has 0 N–H and O–H groups in total. The van der Waals surface area contributed by atoms with Gasteiger partial charge in [-0.25, -0.2) is 0 Å². The summed E-state index contributed by atoms with van der Waals surface area (Å²) in [6.45, 7) is 10.5. The molecular formula is C13H24OSi. The molecule has 0 bridgehead atoms. The smallest absolute Gasteiger partial charge is 0.241 e. The molecule has 0 spiro atoms. The lowest BCUT2D eigenvalue weighted by Gasteiger charge is -2.27. The standard InChI is InChI=1S/C13H24OSi/c1-5-6-8-12-9-7-10-13(11-12)14-15(2,3)4/h5,11-12H,1,6-10H2,2-4H3. The summed E-state index contributed by atoms with van der Waals surface area (Å²) in [5.74, 6) is 1.98. The third kappa shape index (κ3) is 5.21. The van der Waals surface area contributed by atoms with Gasteiger partial charge in [-0.2, -0.15) is 0 Å². The highest BCUT2D eigenvalue weighted by molar-refractivity contribution is 6.70. The summed E-state index contributed by atoms with van der Waals surface area (Å²) in [6.07, 6.45) is 10.5. The van der Waals surface area contributed by atoms with E-state index in [1.165, 1.54) is 25.0 Å². The van der Waals surface area contributed by atoms with Crippen LogP contribution in [0.2, 0.25) is 19.6 Å². The second-order valence-corrected chi connectivity index (χ2v) is 9.79. The van der Waals surface area contributed by atoms with E-state index in [1.54, 1.807) is 0 Å². The van der Waals surface area contributed by atoms with E-state index in [2.05, 4.69) is 32.3 Å². The highest BCUT2D eigenvalue weighted by atomic mass is 28.4. The molecule has 1 rings (SSSR count). The van der Waals surface area contributed by atoms with Crippen molar-refractivity contribution >= 4 is 8.32 Å². The Hall–Kier alpha value is -0.503. The molecule has 86 valence electrons. The van der Waals surface area contributed by atoms with Crippen molar-refractivity contribution in [3.05, 3.63) is 24.5 Å². The summed E-state index contributed by atoms with van der Waals surface area (Å²) < 4.78 is 6.06. The van der Waals surface area contributed by atoms with Crippen LogP contribution < -0.4 is 0 Å². The zero-order chi connectivity index (χ0) is 11.3. The fourth-order valence-electron chi connectivity index (χ4n) is 2.01. The van der Waals surface area contributed by atoms with Gasteiger partial charge >= 0.3 is 0 Å². The highest BCUT2D eigenvalue weighted by Gasteiger charge is 2.20. The Labute approximate surface area is 95.4 Å². The van der Waals surface area contributed by atoms with Crippen LogP contribution >= 0.6 is 0 Å². The van der Waals surface area contributed by atoms with Crippen molar-refractivity contribution in [1.82, 2.24) is 0 Å². The van der Waals surface area contributed by atoms with Crippen LogP contribution in [0.5, 0.6) is 0 Å². The largest absolute Gasteiger partial charge is 0.548 e. The number of allylic oxidation sites excluding steroid dienone is 3. The van der Waals surface area contributed by atoms with Gasteiger partial charge < -0.3 is 4.43 Å². The van der Waals surface area contributed by atoms with E-state index in [1.807, 2.05) is 6.08 Å². The Morgan fingerprint density at radius 2 is 2.27 bits per heavy atom. The fourth-order valence-corrected chi connectivity index (χ4v) is 2.96. The first-order valence-corrected chi connectivity index (χ1v) is 9.43. The summed E-state index contributed by atoms with van der Waals surface area (Å²) in [4.78, 5) is 0. The van der Waals surface area contributed by atoms with Gasteiger partial charge in [0.15, 0.2) is 0 Å². The van der Waals surface area contributed by atoms with E-state index in [4.69, 9.17) is 4.43 Å². The van der Waals surface area contributed by atoms with Gasteiger partial charge in [-0.3, -0.25) is 0 Å². The van der Waals surface area contributed by atoms with Gasteiger partial charge in [0.25, 0.3) is 0 Å². The lowest BCUT2D eigenvalue weighted by Crippen LogP contribution is -2.26. The second-order valence-electron chi connectivity index (χ2n) is 5.37. The first-order valence-electron chi connectivity index (χ1n) is 6.02. The Kier molecular flexibility index (Phi) is 4.65. The predicted molar refractivity (Wildman–Crippen MR) is 69.3 cm³/mol. The molecule has 15 heavy (non-hydrogen) atoms. The van der Waals surface area contributed by atoms with E-state index in [-0.39, 0.29) is 0 Å². The van der Waals surface area contributed by atoms with Gasteiger partial charge in [-0.05, 0) is 57.3 Å². The highest BCUT2D eigenvalue weighted by Crippen LogP contribution is 2.28. The fraction of sp³-hybridized carbons (Fsp3) is 0.692. The number of rotatable bonds is 5. The Morgan fingerprint density at radius 3 is 2.87 bits per heavy atom. The lowest BCUT2D eigenvalue weighted by atomic mass is 9.91. The van der Waals surface area contributed by atoms with Crippen LogP contribution in [0, 0.1) is 5.92 Å². The van der Waals surface area contributed by atoms with Crippen molar-refractivity contribution in [2.45, 2.75) is 51.7 Å². The zero-order valence-electron chi connectivity index (χ0n) is 10.4. The summed E-state index contributed by atoms with van der Waals surface area (Å²) >= 11 is 0. The summed E-state index contributed by atoms with van der Waals surface area (Å²) in [5.41, 5.74) is 0. The van der Waals surface area contributed by atoms with Crippen molar-refractivity contribution < 1.29 is 4.43 Å². The van der Waals surface area contributed by atoms with Crippen LogP contribution in [0.25, 0.3) is 0 Å². The van der Waals surface area contributed by atoms with Crippen LogP contribution in [0.15, 0.2) is 24.5 Å². The minimum Gasteiger partial charge on any atom is -0.548 e. The zero-order valence-corrected chi connectivity index (χ0v) is 11.4. The monoisotopic (exact) mass is 224 g/mol. The van der Waals surface area contributed by atoms with Crippen molar-refractivity contribution in [2.24, 2.45) is 5.92 Å². The molecule has 0 aromatic heterocycles. The first-order chi connectivity index (χ1) is 7.01. The molecule has 0 radical (unpaired) electrons. The summed E-state index contributed by atoms with van der Waals surface area (Å²) in [7, 11) is -1.39. The molecule has 1 nitrogen and oxygen atoms in total. The molecule has 0 fully saturated rings. The molecule has 0 aromatic rings. The third-order valence-electron chi connectivity index (χ3n) is 2.60. The van der Waals surface area contributed by atoms with Gasteiger partial charge in [0, 0.05) is 6.42 Å². The molecular weight excluding hydrogens is 200 g/mol.